The van der Waals surface area contributed by atoms with E-state index in [9.17, 15) is 0 Å². The molecule has 1 fully saturated rings. The molecule has 3 heteroatoms. The molecule has 0 aromatic rings. The van der Waals surface area contributed by atoms with Crippen molar-refractivity contribution in [2.45, 2.75) is 44.8 Å². The maximum absolute atomic E-state index is 3.72. The number of rotatable bonds is 4. The molecule has 1 saturated heterocycles. The van der Waals surface area contributed by atoms with Gasteiger partial charge in [0, 0.05) is 23.9 Å². The number of hydrogen-bond acceptors (Lipinski definition) is 3. The Morgan fingerprint density at radius 3 is 2.86 bits per heavy atom. The first-order chi connectivity index (χ1) is 6.63. The minimum absolute atomic E-state index is 0.658. The summed E-state index contributed by atoms with van der Waals surface area (Å²) < 4.78 is 0. The first-order valence-corrected chi connectivity index (χ1v) is 6.98. The predicted octanol–water partition coefficient (Wildman–Crippen LogP) is 1.81. The second kappa shape index (κ2) is 5.99. The summed E-state index contributed by atoms with van der Waals surface area (Å²) in [6, 6.07) is 2.14. The van der Waals surface area contributed by atoms with Gasteiger partial charge in [-0.15, -0.1) is 0 Å². The lowest BCUT2D eigenvalue weighted by atomic mass is 9.98. The molecule has 1 aliphatic rings. The van der Waals surface area contributed by atoms with Crippen LogP contribution in [0, 0.1) is 0 Å². The Labute approximate surface area is 92.8 Å². The zero-order valence-electron chi connectivity index (χ0n) is 9.92. The van der Waals surface area contributed by atoms with Gasteiger partial charge in [0.15, 0.2) is 0 Å². The second-order valence-electron chi connectivity index (χ2n) is 4.57. The lowest BCUT2D eigenvalue weighted by molar-refractivity contribution is 0.165. The molecule has 0 aromatic heterocycles. The number of piperidine rings is 1. The van der Waals surface area contributed by atoms with Gasteiger partial charge < -0.3 is 10.2 Å². The highest BCUT2D eigenvalue weighted by Gasteiger charge is 2.23. The van der Waals surface area contributed by atoms with E-state index in [0.29, 0.717) is 6.04 Å². The first-order valence-electron chi connectivity index (χ1n) is 5.58. The molecule has 3 unspecified atom stereocenters. The summed E-state index contributed by atoms with van der Waals surface area (Å²) in [5, 5.41) is 3.72. The van der Waals surface area contributed by atoms with Crippen molar-refractivity contribution in [3.05, 3.63) is 0 Å². The van der Waals surface area contributed by atoms with Crippen molar-refractivity contribution < 1.29 is 0 Å². The quantitative estimate of drug-likeness (QED) is 0.771. The van der Waals surface area contributed by atoms with Crippen molar-refractivity contribution in [3.63, 3.8) is 0 Å². The molecule has 14 heavy (non-hydrogen) atoms. The van der Waals surface area contributed by atoms with Gasteiger partial charge in [0.05, 0.1) is 0 Å². The molecule has 0 aromatic carbocycles. The van der Waals surface area contributed by atoms with Crippen LogP contribution in [0.3, 0.4) is 0 Å². The van der Waals surface area contributed by atoms with Crippen LogP contribution < -0.4 is 5.32 Å². The van der Waals surface area contributed by atoms with E-state index >= 15 is 0 Å². The second-order valence-corrected chi connectivity index (χ2v) is 5.48. The number of nitrogens with zero attached hydrogens (tertiary/aromatic N) is 1. The van der Waals surface area contributed by atoms with Crippen molar-refractivity contribution in [1.29, 1.82) is 0 Å². The van der Waals surface area contributed by atoms with Crippen LogP contribution in [-0.4, -0.2) is 48.6 Å². The van der Waals surface area contributed by atoms with Gasteiger partial charge in [-0.1, -0.05) is 0 Å². The summed E-state index contributed by atoms with van der Waals surface area (Å²) in [7, 11) is 2.23. The summed E-state index contributed by atoms with van der Waals surface area (Å²) >= 11 is 1.93. The SMILES string of the molecule is CSCC(C)NC1CCN(C)C(C)C1. The Hall–Kier alpha value is 0.270. The van der Waals surface area contributed by atoms with Crippen LogP contribution in [0.1, 0.15) is 26.7 Å². The molecule has 0 bridgehead atoms. The summed E-state index contributed by atoms with van der Waals surface area (Å²) in [6.07, 6.45) is 4.78. The van der Waals surface area contributed by atoms with Crippen molar-refractivity contribution in [2.24, 2.45) is 0 Å². The van der Waals surface area contributed by atoms with Gasteiger partial charge in [-0.3, -0.25) is 0 Å². The van der Waals surface area contributed by atoms with E-state index in [1.165, 1.54) is 25.1 Å². The average molecular weight is 216 g/mol. The molecule has 1 N–H and O–H groups in total. The van der Waals surface area contributed by atoms with E-state index in [1.807, 2.05) is 11.8 Å². The van der Waals surface area contributed by atoms with E-state index in [1.54, 1.807) is 0 Å². The summed E-state index contributed by atoms with van der Waals surface area (Å²) in [4.78, 5) is 2.46. The minimum atomic E-state index is 0.658. The molecule has 0 amide bonds. The molecule has 0 saturated carbocycles. The fourth-order valence-corrected chi connectivity index (χ4v) is 2.74. The molecule has 2 nitrogen and oxygen atoms in total. The molecular weight excluding hydrogens is 192 g/mol. The van der Waals surface area contributed by atoms with E-state index in [0.717, 1.165) is 12.1 Å². The topological polar surface area (TPSA) is 15.3 Å². The molecule has 84 valence electrons. The summed E-state index contributed by atoms with van der Waals surface area (Å²) in [6.45, 7) is 5.86. The van der Waals surface area contributed by atoms with Crippen LogP contribution in [0.5, 0.6) is 0 Å². The van der Waals surface area contributed by atoms with E-state index < -0.39 is 0 Å². The highest BCUT2D eigenvalue weighted by atomic mass is 32.2. The first kappa shape index (κ1) is 12.3. The van der Waals surface area contributed by atoms with Crippen molar-refractivity contribution in [2.75, 3.05) is 25.6 Å². The number of nitrogens with one attached hydrogen (secondary N) is 1. The Balaban J connectivity index is 2.25. The number of thioether (sulfide) groups is 1. The predicted molar refractivity (Wildman–Crippen MR) is 66.1 cm³/mol. The summed E-state index contributed by atoms with van der Waals surface area (Å²) in [5.74, 6) is 1.22. The van der Waals surface area contributed by atoms with Crippen LogP contribution in [0.2, 0.25) is 0 Å². The third kappa shape index (κ3) is 3.79. The Morgan fingerprint density at radius 1 is 1.57 bits per heavy atom. The number of hydrogen-bond donors (Lipinski definition) is 1. The zero-order valence-corrected chi connectivity index (χ0v) is 10.7. The third-order valence-electron chi connectivity index (χ3n) is 3.15. The van der Waals surface area contributed by atoms with Crippen LogP contribution in [0.15, 0.2) is 0 Å². The third-order valence-corrected chi connectivity index (χ3v) is 3.98. The minimum Gasteiger partial charge on any atom is -0.311 e. The van der Waals surface area contributed by atoms with E-state index in [2.05, 4.69) is 37.4 Å². The average Bonchev–Trinajstić information content (AvgIpc) is 2.12. The van der Waals surface area contributed by atoms with Gasteiger partial charge in [0.1, 0.15) is 0 Å². The van der Waals surface area contributed by atoms with Crippen LogP contribution in [-0.2, 0) is 0 Å². The highest BCUT2D eigenvalue weighted by Crippen LogP contribution is 2.16. The normalized spacial score (nSPS) is 31.7. The fraction of sp³-hybridized carbons (Fsp3) is 1.00. The van der Waals surface area contributed by atoms with Crippen LogP contribution in [0.25, 0.3) is 0 Å². The maximum atomic E-state index is 3.72. The molecule has 0 radical (unpaired) electrons. The standard InChI is InChI=1S/C11H24N2S/c1-9(8-14-4)12-11-5-6-13(3)10(2)7-11/h9-12H,5-8H2,1-4H3. The molecule has 3 atom stereocenters. The molecule has 0 spiro atoms. The largest absolute Gasteiger partial charge is 0.311 e. The van der Waals surface area contributed by atoms with Crippen molar-refractivity contribution in [1.82, 2.24) is 10.2 Å². The van der Waals surface area contributed by atoms with Crippen LogP contribution in [0.4, 0.5) is 0 Å². The summed E-state index contributed by atoms with van der Waals surface area (Å²) in [5.41, 5.74) is 0. The molecular formula is C11H24N2S. The van der Waals surface area contributed by atoms with Crippen molar-refractivity contribution >= 4 is 11.8 Å². The number of likely N-dealkylation sites (tertiary alicyclic amines) is 1. The van der Waals surface area contributed by atoms with E-state index in [-0.39, 0.29) is 0 Å². The van der Waals surface area contributed by atoms with Gasteiger partial charge in [0.25, 0.3) is 0 Å². The highest BCUT2D eigenvalue weighted by molar-refractivity contribution is 7.98. The lowest BCUT2D eigenvalue weighted by Gasteiger charge is -2.36. The van der Waals surface area contributed by atoms with Gasteiger partial charge >= 0.3 is 0 Å². The van der Waals surface area contributed by atoms with Crippen LogP contribution >= 0.6 is 11.8 Å². The molecule has 0 aliphatic carbocycles. The van der Waals surface area contributed by atoms with Gasteiger partial charge in [-0.05, 0) is 46.5 Å². The molecule has 1 aliphatic heterocycles. The van der Waals surface area contributed by atoms with Gasteiger partial charge in [-0.2, -0.15) is 11.8 Å². The van der Waals surface area contributed by atoms with E-state index in [4.69, 9.17) is 0 Å². The Morgan fingerprint density at radius 2 is 2.29 bits per heavy atom. The monoisotopic (exact) mass is 216 g/mol. The Bertz CT molecular complexity index is 163. The fourth-order valence-electron chi connectivity index (χ4n) is 2.14. The molecule has 1 rings (SSSR count). The maximum Gasteiger partial charge on any atom is 0.0132 e. The smallest absolute Gasteiger partial charge is 0.0132 e. The van der Waals surface area contributed by atoms with Gasteiger partial charge in [0.2, 0.25) is 0 Å². The lowest BCUT2D eigenvalue weighted by Crippen LogP contribution is -2.48. The zero-order chi connectivity index (χ0) is 10.6. The van der Waals surface area contributed by atoms with Gasteiger partial charge in [-0.25, -0.2) is 0 Å². The Kier molecular flexibility index (Phi) is 5.28. The van der Waals surface area contributed by atoms with Crippen molar-refractivity contribution in [3.8, 4) is 0 Å². The molecule has 1 heterocycles.